The molecule has 0 spiro atoms. The van der Waals surface area contributed by atoms with Crippen molar-refractivity contribution in [1.82, 2.24) is 0 Å². The number of carbonyl (C=O) groups is 1. The summed E-state index contributed by atoms with van der Waals surface area (Å²) in [6.45, 7) is 0. The van der Waals surface area contributed by atoms with Gasteiger partial charge in [-0.05, 0) is 79.5 Å². The van der Waals surface area contributed by atoms with E-state index in [-0.39, 0.29) is 11.7 Å². The molecular formula is C21H21FN2O. The molecule has 0 aliphatic heterocycles. The Hall–Kier alpha value is -2.67. The molecule has 128 valence electrons. The zero-order valence-corrected chi connectivity index (χ0v) is 14.0. The molecule has 0 heterocycles. The topological polar surface area (TPSA) is 52.9 Å². The Morgan fingerprint density at radius 1 is 1.12 bits per heavy atom. The summed E-state index contributed by atoms with van der Waals surface area (Å²) < 4.78 is 12.9. The van der Waals surface area contributed by atoms with Gasteiger partial charge in [0.15, 0.2) is 0 Å². The summed E-state index contributed by atoms with van der Waals surface area (Å²) in [5.74, 6) is 0.541. The van der Waals surface area contributed by atoms with Gasteiger partial charge in [-0.1, -0.05) is 12.1 Å². The van der Waals surface area contributed by atoms with Crippen LogP contribution in [0.2, 0.25) is 0 Å². The third kappa shape index (κ3) is 4.67. The second-order valence-electron chi connectivity index (χ2n) is 6.71. The number of amides is 1. The lowest BCUT2D eigenvalue weighted by Crippen LogP contribution is -2.20. The summed E-state index contributed by atoms with van der Waals surface area (Å²) >= 11 is 0. The average molecular weight is 336 g/mol. The molecule has 25 heavy (non-hydrogen) atoms. The zero-order chi connectivity index (χ0) is 17.6. The van der Waals surface area contributed by atoms with Gasteiger partial charge in [0.25, 0.3) is 0 Å². The van der Waals surface area contributed by atoms with E-state index in [0.29, 0.717) is 29.5 Å². The normalized spacial score (nSPS) is 19.8. The van der Waals surface area contributed by atoms with Gasteiger partial charge in [0, 0.05) is 12.1 Å². The van der Waals surface area contributed by atoms with Crippen LogP contribution in [-0.4, -0.2) is 5.91 Å². The Morgan fingerprint density at radius 3 is 2.52 bits per heavy atom. The van der Waals surface area contributed by atoms with Gasteiger partial charge >= 0.3 is 0 Å². The van der Waals surface area contributed by atoms with Crippen molar-refractivity contribution in [2.24, 2.45) is 5.92 Å². The predicted octanol–water partition coefficient (Wildman–Crippen LogP) is 5.00. The Morgan fingerprint density at radius 2 is 1.84 bits per heavy atom. The van der Waals surface area contributed by atoms with Crippen molar-refractivity contribution in [1.29, 1.82) is 5.26 Å². The van der Waals surface area contributed by atoms with Gasteiger partial charge in [-0.2, -0.15) is 5.26 Å². The van der Waals surface area contributed by atoms with Crippen molar-refractivity contribution in [2.45, 2.75) is 38.0 Å². The van der Waals surface area contributed by atoms with Gasteiger partial charge in [0.05, 0.1) is 11.6 Å². The van der Waals surface area contributed by atoms with Gasteiger partial charge < -0.3 is 5.32 Å². The maximum atomic E-state index is 12.9. The van der Waals surface area contributed by atoms with Crippen LogP contribution in [0, 0.1) is 23.1 Å². The Labute approximate surface area is 147 Å². The maximum Gasteiger partial charge on any atom is 0.224 e. The average Bonchev–Trinajstić information content (AvgIpc) is 2.64. The Bertz CT molecular complexity index is 771. The van der Waals surface area contributed by atoms with E-state index in [4.69, 9.17) is 5.26 Å². The van der Waals surface area contributed by atoms with Crippen molar-refractivity contribution >= 4 is 11.6 Å². The van der Waals surface area contributed by atoms with E-state index < -0.39 is 0 Å². The fourth-order valence-corrected chi connectivity index (χ4v) is 3.57. The van der Waals surface area contributed by atoms with Crippen LogP contribution in [0.15, 0.2) is 48.5 Å². The zero-order valence-electron chi connectivity index (χ0n) is 14.0. The van der Waals surface area contributed by atoms with Crippen molar-refractivity contribution in [3.63, 3.8) is 0 Å². The van der Waals surface area contributed by atoms with Gasteiger partial charge in [-0.3, -0.25) is 4.79 Å². The van der Waals surface area contributed by atoms with Crippen LogP contribution < -0.4 is 5.32 Å². The first-order valence-electron chi connectivity index (χ1n) is 8.69. The second kappa shape index (κ2) is 7.94. The number of hydrogen-bond acceptors (Lipinski definition) is 2. The molecule has 0 saturated heterocycles. The first kappa shape index (κ1) is 17.2. The van der Waals surface area contributed by atoms with Crippen LogP contribution in [0.1, 0.15) is 49.1 Å². The lowest BCUT2D eigenvalue weighted by atomic mass is 9.77. The molecule has 2 aromatic rings. The largest absolute Gasteiger partial charge is 0.326 e. The molecule has 1 aliphatic carbocycles. The van der Waals surface area contributed by atoms with E-state index in [1.807, 2.05) is 18.2 Å². The summed E-state index contributed by atoms with van der Waals surface area (Å²) in [4.78, 5) is 12.2. The highest BCUT2D eigenvalue weighted by Crippen LogP contribution is 2.37. The van der Waals surface area contributed by atoms with E-state index in [9.17, 15) is 9.18 Å². The Balaban J connectivity index is 1.49. The molecule has 0 radical (unpaired) electrons. The number of benzene rings is 2. The van der Waals surface area contributed by atoms with Crippen molar-refractivity contribution in [2.75, 3.05) is 5.32 Å². The monoisotopic (exact) mass is 336 g/mol. The number of rotatable bonds is 4. The molecule has 3 rings (SSSR count). The van der Waals surface area contributed by atoms with Crippen molar-refractivity contribution in [3.8, 4) is 6.07 Å². The van der Waals surface area contributed by atoms with E-state index in [1.165, 1.54) is 17.7 Å². The summed E-state index contributed by atoms with van der Waals surface area (Å²) in [5, 5.41) is 11.9. The van der Waals surface area contributed by atoms with Gasteiger partial charge in [0.2, 0.25) is 5.91 Å². The number of nitrogens with one attached hydrogen (secondary N) is 1. The smallest absolute Gasteiger partial charge is 0.224 e. The van der Waals surface area contributed by atoms with E-state index in [0.717, 1.165) is 25.7 Å². The molecule has 1 saturated carbocycles. The second-order valence-corrected chi connectivity index (χ2v) is 6.71. The highest BCUT2D eigenvalue weighted by atomic mass is 19.1. The molecule has 1 aliphatic rings. The molecule has 0 atom stereocenters. The van der Waals surface area contributed by atoms with Crippen LogP contribution in [0.3, 0.4) is 0 Å². The minimum Gasteiger partial charge on any atom is -0.326 e. The molecule has 1 N–H and O–H groups in total. The SMILES string of the molecule is N#Cc1cccc([C@H]2CC[C@@H](CC(=O)Nc3ccc(F)cc3)CC2)c1. The lowest BCUT2D eigenvalue weighted by molar-refractivity contribution is -0.117. The third-order valence-corrected chi connectivity index (χ3v) is 4.94. The minimum atomic E-state index is -0.309. The highest BCUT2D eigenvalue weighted by molar-refractivity contribution is 5.90. The van der Waals surface area contributed by atoms with Gasteiger partial charge in [0.1, 0.15) is 5.82 Å². The van der Waals surface area contributed by atoms with Crippen LogP contribution in [-0.2, 0) is 4.79 Å². The van der Waals surface area contributed by atoms with Crippen LogP contribution in [0.25, 0.3) is 0 Å². The van der Waals surface area contributed by atoms with Gasteiger partial charge in [-0.25, -0.2) is 4.39 Å². The summed E-state index contributed by atoms with van der Waals surface area (Å²) in [6.07, 6.45) is 4.62. The molecule has 3 nitrogen and oxygen atoms in total. The number of hydrogen-bond donors (Lipinski definition) is 1. The fourth-order valence-electron chi connectivity index (χ4n) is 3.57. The first-order chi connectivity index (χ1) is 12.1. The van der Waals surface area contributed by atoms with E-state index in [2.05, 4.69) is 17.5 Å². The molecule has 0 aromatic heterocycles. The molecular weight excluding hydrogens is 315 g/mol. The standard InChI is InChI=1S/C21H21FN2O/c22-19-8-10-20(11-9-19)24-21(25)13-15-4-6-17(7-5-15)18-3-1-2-16(12-18)14-23/h1-3,8-12,15,17H,4-7,13H2,(H,24,25)/t15-,17+. The summed E-state index contributed by atoms with van der Waals surface area (Å²) in [7, 11) is 0. The number of nitriles is 1. The van der Waals surface area contributed by atoms with Crippen LogP contribution >= 0.6 is 0 Å². The maximum absolute atomic E-state index is 12.9. The molecule has 1 amide bonds. The van der Waals surface area contributed by atoms with Crippen LogP contribution in [0.5, 0.6) is 0 Å². The highest BCUT2D eigenvalue weighted by Gasteiger charge is 2.24. The number of halogens is 1. The fraction of sp³-hybridized carbons (Fsp3) is 0.333. The quantitative estimate of drug-likeness (QED) is 0.854. The third-order valence-electron chi connectivity index (χ3n) is 4.94. The summed E-state index contributed by atoms with van der Waals surface area (Å²) in [6, 6.07) is 15.9. The van der Waals surface area contributed by atoms with E-state index in [1.54, 1.807) is 12.1 Å². The van der Waals surface area contributed by atoms with Crippen molar-refractivity contribution < 1.29 is 9.18 Å². The lowest BCUT2D eigenvalue weighted by Gasteiger charge is -2.28. The predicted molar refractivity (Wildman–Crippen MR) is 95.5 cm³/mol. The number of nitrogens with zero attached hydrogens (tertiary/aromatic N) is 1. The molecule has 1 fully saturated rings. The van der Waals surface area contributed by atoms with Crippen LogP contribution in [0.4, 0.5) is 10.1 Å². The first-order valence-corrected chi connectivity index (χ1v) is 8.69. The van der Waals surface area contributed by atoms with Gasteiger partial charge in [-0.15, -0.1) is 0 Å². The molecule has 2 aromatic carbocycles. The van der Waals surface area contributed by atoms with Crippen molar-refractivity contribution in [3.05, 3.63) is 65.5 Å². The number of carbonyl (C=O) groups excluding carboxylic acids is 1. The minimum absolute atomic E-state index is 0.0125. The molecule has 0 bridgehead atoms. The van der Waals surface area contributed by atoms with E-state index >= 15 is 0 Å². The Kier molecular flexibility index (Phi) is 5.45. The molecule has 0 unspecified atom stereocenters. The molecule has 4 heteroatoms. The summed E-state index contributed by atoms with van der Waals surface area (Å²) in [5.41, 5.74) is 2.57. The number of anilines is 1.